The lowest BCUT2D eigenvalue weighted by Crippen LogP contribution is -2.21. The van der Waals surface area contributed by atoms with Gasteiger partial charge in [-0.05, 0) is 57.0 Å². The molecule has 31 heavy (non-hydrogen) atoms. The molecule has 0 saturated carbocycles. The molecule has 0 aliphatic heterocycles. The Balaban J connectivity index is 1.45. The zero-order chi connectivity index (χ0) is 22.4. The molecule has 162 valence electrons. The summed E-state index contributed by atoms with van der Waals surface area (Å²) >= 11 is 4.82. The predicted molar refractivity (Wildman–Crippen MR) is 115 cm³/mol. The normalized spacial score (nSPS) is 11.2. The van der Waals surface area contributed by atoms with Crippen molar-refractivity contribution in [3.05, 3.63) is 65.1 Å². The first-order valence-corrected chi connectivity index (χ1v) is 10.6. The Morgan fingerprint density at radius 2 is 1.71 bits per heavy atom. The summed E-state index contributed by atoms with van der Waals surface area (Å²) in [6.07, 6.45) is -4.79. The van der Waals surface area contributed by atoms with Crippen LogP contribution in [-0.4, -0.2) is 30.6 Å². The number of fused-ring (bicyclic) bond motifs is 1. The van der Waals surface area contributed by atoms with Crippen LogP contribution in [0.5, 0.6) is 5.75 Å². The number of rotatable bonds is 7. The van der Waals surface area contributed by atoms with E-state index >= 15 is 0 Å². The fourth-order valence-corrected chi connectivity index (χ4v) is 4.18. The largest absolute Gasteiger partial charge is 0.573 e. The third kappa shape index (κ3) is 6.90. The van der Waals surface area contributed by atoms with Crippen LogP contribution in [0.4, 0.5) is 18.9 Å². The molecule has 0 spiro atoms. The van der Waals surface area contributed by atoms with Gasteiger partial charge in [0.25, 0.3) is 5.91 Å². The van der Waals surface area contributed by atoms with E-state index < -0.39 is 30.6 Å². The molecule has 0 unspecified atom stereocenters. The van der Waals surface area contributed by atoms with Crippen LogP contribution in [0.25, 0.3) is 10.8 Å². The van der Waals surface area contributed by atoms with Crippen molar-refractivity contribution in [2.45, 2.75) is 11.3 Å². The van der Waals surface area contributed by atoms with E-state index in [9.17, 15) is 22.8 Å². The second kappa shape index (κ2) is 10.1. The van der Waals surface area contributed by atoms with Gasteiger partial charge in [-0.2, -0.15) is 0 Å². The number of hydrogen-bond acceptors (Lipinski definition) is 5. The van der Waals surface area contributed by atoms with Crippen LogP contribution < -0.4 is 10.1 Å². The van der Waals surface area contributed by atoms with Crippen LogP contribution in [0.15, 0.2) is 70.0 Å². The van der Waals surface area contributed by atoms with E-state index in [1.165, 1.54) is 23.9 Å². The third-order valence-corrected chi connectivity index (χ3v) is 6.06. The lowest BCUT2D eigenvalue weighted by molar-refractivity contribution is -0.274. The molecule has 1 amide bonds. The van der Waals surface area contributed by atoms with Crippen molar-refractivity contribution < 1.29 is 32.2 Å². The van der Waals surface area contributed by atoms with Crippen molar-refractivity contribution in [1.82, 2.24) is 0 Å². The van der Waals surface area contributed by atoms with E-state index in [1.54, 1.807) is 0 Å². The van der Waals surface area contributed by atoms with Crippen LogP contribution in [0.3, 0.4) is 0 Å². The highest BCUT2D eigenvalue weighted by Crippen LogP contribution is 2.34. The first-order chi connectivity index (χ1) is 14.7. The molecule has 0 saturated heterocycles. The summed E-state index contributed by atoms with van der Waals surface area (Å²) in [5.41, 5.74) is 0.241. The first kappa shape index (κ1) is 23.0. The number of carbonyl (C=O) groups excluding carboxylic acids is 2. The first-order valence-electron chi connectivity index (χ1n) is 8.82. The van der Waals surface area contributed by atoms with E-state index in [4.69, 9.17) is 4.74 Å². The van der Waals surface area contributed by atoms with E-state index in [1.807, 2.05) is 36.4 Å². The Morgan fingerprint density at radius 1 is 1.00 bits per heavy atom. The average Bonchev–Trinajstić information content (AvgIpc) is 2.72. The number of carbonyl (C=O) groups is 2. The minimum atomic E-state index is -4.79. The fourth-order valence-electron chi connectivity index (χ4n) is 2.59. The molecule has 0 aliphatic carbocycles. The van der Waals surface area contributed by atoms with Crippen LogP contribution in [0, 0.1) is 0 Å². The van der Waals surface area contributed by atoms with Crippen molar-refractivity contribution in [1.29, 1.82) is 0 Å². The molecule has 0 heterocycles. The summed E-state index contributed by atoms with van der Waals surface area (Å²) in [7, 11) is 0. The van der Waals surface area contributed by atoms with Crippen molar-refractivity contribution >= 4 is 56.0 Å². The number of nitrogens with one attached hydrogen (secondary N) is 1. The van der Waals surface area contributed by atoms with Gasteiger partial charge in [-0.1, -0.05) is 30.3 Å². The molecule has 0 atom stereocenters. The minimum absolute atomic E-state index is 0.00764. The number of hydrogen-bond donors (Lipinski definition) is 1. The molecular weight excluding hydrogens is 499 g/mol. The second-order valence-corrected chi connectivity index (χ2v) is 7.98. The Labute approximate surface area is 188 Å². The molecule has 1 N–H and O–H groups in total. The van der Waals surface area contributed by atoms with Crippen molar-refractivity contribution in [3.8, 4) is 5.75 Å². The number of benzene rings is 3. The summed E-state index contributed by atoms with van der Waals surface area (Å²) in [4.78, 5) is 24.7. The maximum atomic E-state index is 12.1. The zero-order valence-electron chi connectivity index (χ0n) is 15.7. The van der Waals surface area contributed by atoms with Gasteiger partial charge in [0, 0.05) is 15.1 Å². The molecule has 0 bridgehead atoms. The quantitative estimate of drug-likeness (QED) is 0.320. The number of thioether (sulfide) groups is 1. The molecule has 0 radical (unpaired) electrons. The Kier molecular flexibility index (Phi) is 7.45. The SMILES string of the molecule is O=C(COC(=O)CSc1ccc2ccccc2c1Br)Nc1ccc(OC(F)(F)F)cc1. The monoisotopic (exact) mass is 513 g/mol. The van der Waals surface area contributed by atoms with Gasteiger partial charge in [-0.25, -0.2) is 0 Å². The second-order valence-electron chi connectivity index (χ2n) is 6.17. The summed E-state index contributed by atoms with van der Waals surface area (Å²) in [6, 6.07) is 16.3. The molecule has 0 aliphatic rings. The number of ether oxygens (including phenoxy) is 2. The number of esters is 1. The van der Waals surface area contributed by atoms with Crippen molar-refractivity contribution in [3.63, 3.8) is 0 Å². The van der Waals surface area contributed by atoms with Gasteiger partial charge >= 0.3 is 12.3 Å². The smallest absolute Gasteiger partial charge is 0.455 e. The van der Waals surface area contributed by atoms with E-state index in [0.29, 0.717) is 0 Å². The maximum Gasteiger partial charge on any atom is 0.573 e. The topological polar surface area (TPSA) is 64.6 Å². The zero-order valence-corrected chi connectivity index (χ0v) is 18.1. The number of halogens is 4. The fraction of sp³-hybridized carbons (Fsp3) is 0.143. The highest BCUT2D eigenvalue weighted by molar-refractivity contribution is 9.10. The lowest BCUT2D eigenvalue weighted by atomic mass is 10.1. The lowest BCUT2D eigenvalue weighted by Gasteiger charge is -2.10. The van der Waals surface area contributed by atoms with Gasteiger partial charge in [0.2, 0.25) is 0 Å². The Bertz CT molecular complexity index is 1090. The Hall–Kier alpha value is -2.72. The average molecular weight is 514 g/mol. The molecule has 3 aromatic rings. The molecular formula is C21H15BrF3NO4S. The molecule has 10 heteroatoms. The Morgan fingerprint density at radius 3 is 2.42 bits per heavy atom. The van der Waals surface area contributed by atoms with Crippen LogP contribution in [-0.2, 0) is 14.3 Å². The van der Waals surface area contributed by atoms with Gasteiger partial charge in [0.05, 0.1) is 5.75 Å². The number of anilines is 1. The number of amides is 1. The van der Waals surface area contributed by atoms with Crippen molar-refractivity contribution in [2.75, 3.05) is 17.7 Å². The molecule has 0 fully saturated rings. The summed E-state index contributed by atoms with van der Waals surface area (Å²) in [6.45, 7) is -0.515. The molecule has 5 nitrogen and oxygen atoms in total. The molecule has 3 rings (SSSR count). The van der Waals surface area contributed by atoms with Crippen molar-refractivity contribution in [2.24, 2.45) is 0 Å². The standard InChI is InChI=1S/C21H15BrF3NO4S/c22-20-16-4-2-1-3-13(16)5-10-17(20)31-12-19(28)29-11-18(27)26-14-6-8-15(9-7-14)30-21(23,24)25/h1-10H,11-12H2,(H,26,27). The van der Waals surface area contributed by atoms with Gasteiger partial charge in [0.15, 0.2) is 6.61 Å². The van der Waals surface area contributed by atoms with Gasteiger partial charge in [-0.3, -0.25) is 9.59 Å². The summed E-state index contributed by atoms with van der Waals surface area (Å²) < 4.78 is 46.0. The van der Waals surface area contributed by atoms with Crippen LogP contribution >= 0.6 is 27.7 Å². The van der Waals surface area contributed by atoms with Crippen LogP contribution in [0.1, 0.15) is 0 Å². The van der Waals surface area contributed by atoms with E-state index in [2.05, 4.69) is 26.0 Å². The number of alkyl halides is 3. The van der Waals surface area contributed by atoms with Crippen LogP contribution in [0.2, 0.25) is 0 Å². The molecule has 0 aromatic heterocycles. The van der Waals surface area contributed by atoms with Gasteiger partial charge < -0.3 is 14.8 Å². The predicted octanol–water partition coefficient (Wildman–Crippen LogP) is 5.77. The minimum Gasteiger partial charge on any atom is -0.455 e. The van der Waals surface area contributed by atoms with Gasteiger partial charge in [0.1, 0.15) is 5.75 Å². The maximum absolute atomic E-state index is 12.1. The summed E-state index contributed by atoms with van der Waals surface area (Å²) in [5, 5.41) is 4.51. The summed E-state index contributed by atoms with van der Waals surface area (Å²) in [5.74, 6) is -1.59. The van der Waals surface area contributed by atoms with E-state index in [0.717, 1.165) is 32.3 Å². The highest BCUT2D eigenvalue weighted by Gasteiger charge is 2.30. The van der Waals surface area contributed by atoms with Gasteiger partial charge in [-0.15, -0.1) is 24.9 Å². The van der Waals surface area contributed by atoms with E-state index in [-0.39, 0.29) is 11.4 Å². The highest BCUT2D eigenvalue weighted by atomic mass is 79.9. The molecule has 3 aromatic carbocycles. The third-order valence-electron chi connectivity index (χ3n) is 3.91.